The number of benzene rings is 1. The molecule has 1 aliphatic heterocycles. The molecule has 0 radical (unpaired) electrons. The van der Waals surface area contributed by atoms with Crippen molar-refractivity contribution in [2.45, 2.75) is 57.0 Å². The summed E-state index contributed by atoms with van der Waals surface area (Å²) in [5, 5.41) is 19.1. The minimum absolute atomic E-state index is 0.0842. The molecule has 0 unspecified atom stereocenters. The second kappa shape index (κ2) is 9.75. The van der Waals surface area contributed by atoms with E-state index in [9.17, 15) is 19.6 Å². The predicted octanol–water partition coefficient (Wildman–Crippen LogP) is 2.39. The summed E-state index contributed by atoms with van der Waals surface area (Å²) in [7, 11) is 1.57. The molecule has 1 saturated carbocycles. The Kier molecular flexibility index (Phi) is 6.77. The highest BCUT2D eigenvalue weighted by molar-refractivity contribution is 6.01. The van der Waals surface area contributed by atoms with E-state index in [-0.39, 0.29) is 18.2 Å². The van der Waals surface area contributed by atoms with Gasteiger partial charge in [0, 0.05) is 23.4 Å². The number of ether oxygens (including phenoxy) is 1. The maximum Gasteiger partial charge on any atom is 0.268 e. The van der Waals surface area contributed by atoms with Crippen LogP contribution in [0.4, 0.5) is 0 Å². The first-order valence-corrected chi connectivity index (χ1v) is 11.8. The van der Waals surface area contributed by atoms with Gasteiger partial charge in [-0.3, -0.25) is 14.4 Å². The number of piperidine rings is 1. The Morgan fingerprint density at radius 1 is 1.32 bits per heavy atom. The summed E-state index contributed by atoms with van der Waals surface area (Å²) in [6.45, 7) is 2.27. The second-order valence-corrected chi connectivity index (χ2v) is 9.58. The summed E-state index contributed by atoms with van der Waals surface area (Å²) < 4.78 is 5.36. The fraction of sp³-hybridized carbons (Fsp3) is 0.520. The number of nitriles is 1. The standard InChI is InChI=1S/C25H31N5O4/c1-25(14-26,13-16-5-4-10-27-22(16)31)30-24(33)19(11-15-8-9-15)29-23(32)20-12-17-18(28-20)6-3-7-21(17)34-2/h3,6-7,12,15-16,19,28H,4-5,8-11,13H2,1-2H3,(H,27,31)(H,29,32)(H,30,33)/t16-,19-,25-/m0/s1. The number of carbonyl (C=O) groups is 3. The zero-order chi connectivity index (χ0) is 24.3. The fourth-order valence-electron chi connectivity index (χ4n) is 4.59. The first kappa shape index (κ1) is 23.6. The topological polar surface area (TPSA) is 136 Å². The molecule has 1 aromatic carbocycles. The van der Waals surface area contributed by atoms with E-state index in [1.54, 1.807) is 20.1 Å². The number of rotatable bonds is 9. The van der Waals surface area contributed by atoms with E-state index in [0.29, 0.717) is 36.7 Å². The molecule has 9 nitrogen and oxygen atoms in total. The van der Waals surface area contributed by atoms with Gasteiger partial charge in [-0.15, -0.1) is 0 Å². The molecule has 0 spiro atoms. The number of aromatic nitrogens is 1. The van der Waals surface area contributed by atoms with Crippen molar-refractivity contribution in [3.05, 3.63) is 30.0 Å². The lowest BCUT2D eigenvalue weighted by Gasteiger charge is -2.31. The number of methoxy groups -OCH3 is 1. The van der Waals surface area contributed by atoms with E-state index in [1.165, 1.54) is 0 Å². The van der Waals surface area contributed by atoms with Crippen LogP contribution in [0.3, 0.4) is 0 Å². The van der Waals surface area contributed by atoms with Gasteiger partial charge >= 0.3 is 0 Å². The number of nitrogens with zero attached hydrogens (tertiary/aromatic N) is 1. The Morgan fingerprint density at radius 2 is 2.12 bits per heavy atom. The molecule has 1 aliphatic carbocycles. The van der Waals surface area contributed by atoms with Gasteiger partial charge in [0.2, 0.25) is 11.8 Å². The Morgan fingerprint density at radius 3 is 2.79 bits per heavy atom. The van der Waals surface area contributed by atoms with Crippen LogP contribution in [0.25, 0.3) is 10.9 Å². The van der Waals surface area contributed by atoms with Crippen molar-refractivity contribution < 1.29 is 19.1 Å². The van der Waals surface area contributed by atoms with Crippen molar-refractivity contribution in [3.63, 3.8) is 0 Å². The highest BCUT2D eigenvalue weighted by Gasteiger charge is 2.37. The molecule has 180 valence electrons. The molecule has 2 aliphatic rings. The smallest absolute Gasteiger partial charge is 0.268 e. The molecule has 3 atom stereocenters. The molecular weight excluding hydrogens is 434 g/mol. The van der Waals surface area contributed by atoms with Crippen molar-refractivity contribution in [1.82, 2.24) is 20.9 Å². The van der Waals surface area contributed by atoms with Gasteiger partial charge in [-0.05, 0) is 56.7 Å². The highest BCUT2D eigenvalue weighted by atomic mass is 16.5. The van der Waals surface area contributed by atoms with Crippen molar-refractivity contribution in [3.8, 4) is 11.8 Å². The molecule has 0 bridgehead atoms. The lowest BCUT2D eigenvalue weighted by molar-refractivity contribution is -0.129. The summed E-state index contributed by atoms with van der Waals surface area (Å²) in [5.41, 5.74) is -0.122. The molecule has 3 amide bonds. The zero-order valence-electron chi connectivity index (χ0n) is 19.6. The van der Waals surface area contributed by atoms with Crippen LogP contribution in [0, 0.1) is 23.2 Å². The monoisotopic (exact) mass is 465 g/mol. The number of H-pyrrole nitrogens is 1. The van der Waals surface area contributed by atoms with Gasteiger partial charge in [0.1, 0.15) is 23.0 Å². The molecular formula is C25H31N5O4. The highest BCUT2D eigenvalue weighted by Crippen LogP contribution is 2.34. The third kappa shape index (κ3) is 5.33. The van der Waals surface area contributed by atoms with Gasteiger partial charge in [-0.25, -0.2) is 0 Å². The van der Waals surface area contributed by atoms with Crippen LogP contribution in [0.2, 0.25) is 0 Å². The summed E-state index contributed by atoms with van der Waals surface area (Å²) >= 11 is 0. The van der Waals surface area contributed by atoms with Crippen molar-refractivity contribution in [1.29, 1.82) is 5.26 Å². The molecule has 4 rings (SSSR count). The molecule has 1 saturated heterocycles. The minimum Gasteiger partial charge on any atom is -0.496 e. The van der Waals surface area contributed by atoms with Crippen LogP contribution in [0.1, 0.15) is 55.9 Å². The van der Waals surface area contributed by atoms with Crippen molar-refractivity contribution in [2.75, 3.05) is 13.7 Å². The molecule has 4 N–H and O–H groups in total. The van der Waals surface area contributed by atoms with Crippen LogP contribution in [-0.4, -0.2) is 47.9 Å². The number of carbonyl (C=O) groups excluding carboxylic acids is 3. The van der Waals surface area contributed by atoms with Gasteiger partial charge in [0.05, 0.1) is 13.2 Å². The van der Waals surface area contributed by atoms with Crippen LogP contribution in [-0.2, 0) is 9.59 Å². The van der Waals surface area contributed by atoms with Crippen molar-refractivity contribution in [2.24, 2.45) is 11.8 Å². The quantitative estimate of drug-likeness (QED) is 0.451. The summed E-state index contributed by atoms with van der Waals surface area (Å²) in [6, 6.07) is 8.60. The number of nitrogens with one attached hydrogen (secondary N) is 4. The van der Waals surface area contributed by atoms with Crippen LogP contribution >= 0.6 is 0 Å². The third-order valence-corrected chi connectivity index (χ3v) is 6.68. The lowest BCUT2D eigenvalue weighted by Crippen LogP contribution is -2.55. The van der Waals surface area contributed by atoms with E-state index < -0.39 is 23.4 Å². The maximum absolute atomic E-state index is 13.2. The summed E-state index contributed by atoms with van der Waals surface area (Å²) in [6.07, 6.45) is 4.30. The van der Waals surface area contributed by atoms with Crippen LogP contribution in [0.5, 0.6) is 5.75 Å². The van der Waals surface area contributed by atoms with E-state index in [0.717, 1.165) is 30.2 Å². The average Bonchev–Trinajstić information content (AvgIpc) is 3.53. The number of fused-ring (bicyclic) bond motifs is 1. The fourth-order valence-corrected chi connectivity index (χ4v) is 4.59. The molecule has 34 heavy (non-hydrogen) atoms. The van der Waals surface area contributed by atoms with E-state index >= 15 is 0 Å². The second-order valence-electron chi connectivity index (χ2n) is 9.58. The lowest BCUT2D eigenvalue weighted by atomic mass is 9.85. The Hall–Kier alpha value is -3.54. The van der Waals surface area contributed by atoms with Crippen LogP contribution < -0.4 is 20.7 Å². The Labute approximate surface area is 198 Å². The van der Waals surface area contributed by atoms with Gasteiger partial charge in [0.25, 0.3) is 5.91 Å². The van der Waals surface area contributed by atoms with Gasteiger partial charge in [-0.2, -0.15) is 5.26 Å². The van der Waals surface area contributed by atoms with Crippen molar-refractivity contribution >= 4 is 28.6 Å². The largest absolute Gasteiger partial charge is 0.496 e. The third-order valence-electron chi connectivity index (χ3n) is 6.68. The van der Waals surface area contributed by atoms with Crippen LogP contribution in [0.15, 0.2) is 24.3 Å². The molecule has 2 heterocycles. The van der Waals surface area contributed by atoms with Gasteiger partial charge in [-0.1, -0.05) is 18.9 Å². The van der Waals surface area contributed by atoms with Gasteiger partial charge < -0.3 is 25.7 Å². The SMILES string of the molecule is COc1cccc2[nH]c(C(=O)N[C@@H](CC3CC3)C(=O)N[C@](C)(C#N)C[C@@H]3CCCNC3=O)cc12. The minimum atomic E-state index is -1.21. The Bertz CT molecular complexity index is 1130. The zero-order valence-corrected chi connectivity index (χ0v) is 19.6. The van der Waals surface area contributed by atoms with Gasteiger partial charge in [0.15, 0.2) is 0 Å². The van der Waals surface area contributed by atoms with E-state index in [1.807, 2.05) is 18.2 Å². The number of hydrogen-bond acceptors (Lipinski definition) is 5. The number of hydrogen-bond donors (Lipinski definition) is 4. The van der Waals surface area contributed by atoms with E-state index in [4.69, 9.17) is 4.74 Å². The molecule has 9 heteroatoms. The first-order chi connectivity index (χ1) is 16.3. The predicted molar refractivity (Wildman–Crippen MR) is 126 cm³/mol. The number of aromatic amines is 1. The summed E-state index contributed by atoms with van der Waals surface area (Å²) in [4.78, 5) is 41.5. The maximum atomic E-state index is 13.2. The normalized spacial score (nSPS) is 20.5. The van der Waals surface area contributed by atoms with E-state index in [2.05, 4.69) is 27.0 Å². The Balaban J connectivity index is 1.47. The molecule has 2 fully saturated rings. The molecule has 2 aromatic rings. The molecule has 1 aromatic heterocycles. The first-order valence-electron chi connectivity index (χ1n) is 11.8. The average molecular weight is 466 g/mol. The number of amides is 3. The summed E-state index contributed by atoms with van der Waals surface area (Å²) in [5.74, 6) is -0.193.